The van der Waals surface area contributed by atoms with E-state index in [9.17, 15) is 9.18 Å². The van der Waals surface area contributed by atoms with Gasteiger partial charge in [-0.15, -0.1) is 0 Å². The van der Waals surface area contributed by atoms with Crippen molar-refractivity contribution in [3.8, 4) is 5.75 Å². The van der Waals surface area contributed by atoms with Crippen LogP contribution in [0.3, 0.4) is 0 Å². The molecule has 1 amide bonds. The van der Waals surface area contributed by atoms with E-state index in [1.54, 1.807) is 12.1 Å². The molecule has 1 aliphatic rings. The van der Waals surface area contributed by atoms with Gasteiger partial charge in [0.25, 0.3) is 5.91 Å². The highest BCUT2D eigenvalue weighted by Gasteiger charge is 2.11. The Labute approximate surface area is 147 Å². The maximum absolute atomic E-state index is 12.8. The summed E-state index contributed by atoms with van der Waals surface area (Å²) in [4.78, 5) is 14.5. The van der Waals surface area contributed by atoms with E-state index in [2.05, 4.69) is 10.2 Å². The van der Waals surface area contributed by atoms with Gasteiger partial charge in [-0.2, -0.15) is 0 Å². The number of carbonyl (C=O) groups excluding carboxylic acids is 1. The predicted octanol–water partition coefficient (Wildman–Crippen LogP) is 3.62. The number of nitrogens with zero attached hydrogens (tertiary/aromatic N) is 1. The van der Waals surface area contributed by atoms with Crippen LogP contribution in [0.1, 0.15) is 29.6 Å². The molecule has 1 fully saturated rings. The van der Waals surface area contributed by atoms with Crippen LogP contribution in [-0.4, -0.2) is 32.1 Å². The number of benzene rings is 2. The second-order valence-electron chi connectivity index (χ2n) is 6.15. The van der Waals surface area contributed by atoms with E-state index in [0.717, 1.165) is 13.1 Å². The first-order chi connectivity index (χ1) is 12.2. The summed E-state index contributed by atoms with van der Waals surface area (Å²) in [5, 5.41) is 2.83. The van der Waals surface area contributed by atoms with Crippen LogP contribution in [0.25, 0.3) is 0 Å². The van der Waals surface area contributed by atoms with Crippen molar-refractivity contribution in [1.82, 2.24) is 5.32 Å². The Bertz CT molecular complexity index is 680. The van der Waals surface area contributed by atoms with E-state index in [1.807, 2.05) is 24.3 Å². The molecule has 2 aromatic rings. The van der Waals surface area contributed by atoms with Gasteiger partial charge in [-0.1, -0.05) is 0 Å². The van der Waals surface area contributed by atoms with Crippen LogP contribution in [-0.2, 0) is 0 Å². The summed E-state index contributed by atoms with van der Waals surface area (Å²) in [6, 6.07) is 13.6. The molecule has 0 aromatic heterocycles. The summed E-state index contributed by atoms with van der Waals surface area (Å²) in [6.45, 7) is 2.91. The number of anilines is 1. The van der Waals surface area contributed by atoms with Crippen LogP contribution < -0.4 is 15.0 Å². The lowest BCUT2D eigenvalue weighted by molar-refractivity contribution is 0.0947. The van der Waals surface area contributed by atoms with Gasteiger partial charge >= 0.3 is 0 Å². The monoisotopic (exact) mass is 342 g/mol. The number of piperidine rings is 1. The van der Waals surface area contributed by atoms with Crippen LogP contribution in [0.2, 0.25) is 0 Å². The standard InChI is InChI=1S/C20H23FN2O2/c21-17-6-10-19(11-7-17)25-15-12-22-20(24)16-4-8-18(9-5-16)23-13-2-1-3-14-23/h4-11H,1-3,12-15H2,(H,22,24). The number of halogens is 1. The van der Waals surface area contributed by atoms with Gasteiger partial charge in [-0.3, -0.25) is 4.79 Å². The van der Waals surface area contributed by atoms with Gasteiger partial charge in [0.2, 0.25) is 0 Å². The molecule has 5 heteroatoms. The van der Waals surface area contributed by atoms with Gasteiger partial charge in [-0.25, -0.2) is 4.39 Å². The lowest BCUT2D eigenvalue weighted by Crippen LogP contribution is -2.30. The molecular formula is C20H23FN2O2. The predicted molar refractivity (Wildman–Crippen MR) is 96.7 cm³/mol. The number of hydrogen-bond donors (Lipinski definition) is 1. The van der Waals surface area contributed by atoms with Gasteiger partial charge in [0.15, 0.2) is 0 Å². The maximum Gasteiger partial charge on any atom is 0.251 e. The van der Waals surface area contributed by atoms with E-state index in [0.29, 0.717) is 24.5 Å². The van der Waals surface area contributed by atoms with Gasteiger partial charge in [0.1, 0.15) is 18.2 Å². The van der Waals surface area contributed by atoms with Crippen molar-refractivity contribution in [2.24, 2.45) is 0 Å². The third kappa shape index (κ3) is 4.95. The Hall–Kier alpha value is -2.56. The lowest BCUT2D eigenvalue weighted by atomic mass is 10.1. The van der Waals surface area contributed by atoms with Crippen LogP contribution in [0.4, 0.5) is 10.1 Å². The summed E-state index contributed by atoms with van der Waals surface area (Å²) < 4.78 is 18.3. The number of rotatable bonds is 6. The number of ether oxygens (including phenoxy) is 1. The molecule has 4 nitrogen and oxygen atoms in total. The number of amides is 1. The smallest absolute Gasteiger partial charge is 0.251 e. The van der Waals surface area contributed by atoms with Crippen molar-refractivity contribution in [3.63, 3.8) is 0 Å². The number of nitrogens with one attached hydrogen (secondary N) is 1. The minimum absolute atomic E-state index is 0.118. The number of carbonyl (C=O) groups is 1. The average Bonchev–Trinajstić information content (AvgIpc) is 2.67. The van der Waals surface area contributed by atoms with Crippen molar-refractivity contribution in [2.45, 2.75) is 19.3 Å². The molecule has 1 aliphatic heterocycles. The summed E-state index contributed by atoms with van der Waals surface area (Å²) in [7, 11) is 0. The minimum Gasteiger partial charge on any atom is -0.492 e. The third-order valence-corrected chi connectivity index (χ3v) is 4.32. The van der Waals surface area contributed by atoms with Gasteiger partial charge in [0.05, 0.1) is 6.54 Å². The lowest BCUT2D eigenvalue weighted by Gasteiger charge is -2.28. The Kier molecular flexibility index (Phi) is 5.88. The minimum atomic E-state index is -0.298. The van der Waals surface area contributed by atoms with Gasteiger partial charge < -0.3 is 15.0 Å². The van der Waals surface area contributed by atoms with Crippen molar-refractivity contribution in [2.75, 3.05) is 31.1 Å². The molecule has 1 saturated heterocycles. The first kappa shape index (κ1) is 17.3. The fourth-order valence-electron chi connectivity index (χ4n) is 2.94. The zero-order valence-electron chi connectivity index (χ0n) is 14.2. The topological polar surface area (TPSA) is 41.6 Å². The second kappa shape index (κ2) is 8.51. The molecule has 2 aromatic carbocycles. The summed E-state index contributed by atoms with van der Waals surface area (Å²) in [6.07, 6.45) is 3.77. The van der Waals surface area contributed by atoms with Crippen molar-refractivity contribution < 1.29 is 13.9 Å². The highest BCUT2D eigenvalue weighted by atomic mass is 19.1. The van der Waals surface area contributed by atoms with E-state index < -0.39 is 0 Å². The van der Waals surface area contributed by atoms with Gasteiger partial charge in [-0.05, 0) is 67.8 Å². The Morgan fingerprint density at radius 2 is 1.68 bits per heavy atom. The molecule has 1 N–H and O–H groups in total. The normalized spacial score (nSPS) is 14.2. The molecule has 0 radical (unpaired) electrons. The van der Waals surface area contributed by atoms with E-state index in [4.69, 9.17) is 4.74 Å². The molecule has 3 rings (SSSR count). The molecule has 132 valence electrons. The number of hydrogen-bond acceptors (Lipinski definition) is 3. The first-order valence-corrected chi connectivity index (χ1v) is 8.74. The quantitative estimate of drug-likeness (QED) is 0.815. The van der Waals surface area contributed by atoms with Crippen LogP contribution in [0, 0.1) is 5.82 Å². The molecule has 0 unspecified atom stereocenters. The first-order valence-electron chi connectivity index (χ1n) is 8.74. The maximum atomic E-state index is 12.8. The molecule has 0 bridgehead atoms. The molecule has 0 saturated carbocycles. The molecule has 0 spiro atoms. The van der Waals surface area contributed by atoms with Crippen LogP contribution in [0.15, 0.2) is 48.5 Å². The fourth-order valence-corrected chi connectivity index (χ4v) is 2.94. The molecular weight excluding hydrogens is 319 g/mol. The molecule has 1 heterocycles. The fraction of sp³-hybridized carbons (Fsp3) is 0.350. The van der Waals surface area contributed by atoms with Crippen molar-refractivity contribution in [1.29, 1.82) is 0 Å². The Morgan fingerprint density at radius 3 is 2.36 bits per heavy atom. The second-order valence-corrected chi connectivity index (χ2v) is 6.15. The molecule has 0 aliphatic carbocycles. The largest absolute Gasteiger partial charge is 0.492 e. The third-order valence-electron chi connectivity index (χ3n) is 4.32. The van der Waals surface area contributed by atoms with E-state index in [1.165, 1.54) is 37.1 Å². The summed E-state index contributed by atoms with van der Waals surface area (Å²) >= 11 is 0. The van der Waals surface area contributed by atoms with Gasteiger partial charge in [0, 0.05) is 24.3 Å². The summed E-state index contributed by atoms with van der Waals surface area (Å²) in [5.41, 5.74) is 1.82. The zero-order chi connectivity index (χ0) is 17.5. The zero-order valence-corrected chi connectivity index (χ0v) is 14.2. The molecule has 0 atom stereocenters. The SMILES string of the molecule is O=C(NCCOc1ccc(F)cc1)c1ccc(N2CCCCC2)cc1. The Morgan fingerprint density at radius 1 is 1.00 bits per heavy atom. The van der Waals surface area contributed by atoms with Crippen LogP contribution in [0.5, 0.6) is 5.75 Å². The highest BCUT2D eigenvalue weighted by Crippen LogP contribution is 2.20. The average molecular weight is 342 g/mol. The van der Waals surface area contributed by atoms with E-state index >= 15 is 0 Å². The van der Waals surface area contributed by atoms with Crippen LogP contribution >= 0.6 is 0 Å². The summed E-state index contributed by atoms with van der Waals surface area (Å²) in [5.74, 6) is 0.170. The van der Waals surface area contributed by atoms with E-state index in [-0.39, 0.29) is 11.7 Å². The highest BCUT2D eigenvalue weighted by molar-refractivity contribution is 5.94. The Balaban J connectivity index is 1.43. The molecule has 25 heavy (non-hydrogen) atoms. The van der Waals surface area contributed by atoms with Crippen molar-refractivity contribution >= 4 is 11.6 Å². The van der Waals surface area contributed by atoms with Crippen molar-refractivity contribution in [3.05, 3.63) is 59.9 Å².